The van der Waals surface area contributed by atoms with E-state index in [0.29, 0.717) is 30.6 Å². The number of aldehydes is 1. The van der Waals surface area contributed by atoms with Crippen LogP contribution in [0.25, 0.3) is 0 Å². The van der Waals surface area contributed by atoms with Crippen molar-refractivity contribution in [3.8, 4) is 0 Å². The third-order valence-corrected chi connectivity index (χ3v) is 15.4. The number of esters is 1. The first kappa shape index (κ1) is 35.3. The number of Topliss-reactive ketones (excluding diaryl/α,β-unsaturated/α-hetero) is 1. The van der Waals surface area contributed by atoms with Crippen LogP contribution in [0.1, 0.15) is 127 Å². The summed E-state index contributed by atoms with van der Waals surface area (Å²) in [5.74, 6) is -0.648. The molecule has 11 atom stereocenters. The fourth-order valence-electron chi connectivity index (χ4n) is 12.9. The van der Waals surface area contributed by atoms with Gasteiger partial charge >= 0.3 is 11.9 Å². The zero-order valence-electron chi connectivity index (χ0n) is 30.7. The van der Waals surface area contributed by atoms with Crippen molar-refractivity contribution >= 4 is 29.9 Å². The second-order valence-corrected chi connectivity index (χ2v) is 18.9. The maximum Gasteiger partial charge on any atom is 0.309 e. The Bertz CT molecular complexity index is 1440. The van der Waals surface area contributed by atoms with E-state index in [4.69, 9.17) is 4.74 Å². The number of hydrogen-bond donors (Lipinski definition) is 2. The van der Waals surface area contributed by atoms with E-state index >= 15 is 0 Å². The molecule has 2 N–H and O–H groups in total. The summed E-state index contributed by atoms with van der Waals surface area (Å²) < 4.78 is 6.29. The van der Waals surface area contributed by atoms with Gasteiger partial charge in [-0.05, 0) is 129 Å². The molecule has 5 saturated carbocycles. The SMILES string of the molecule is CC(C)C1=C2C3CCC4C(C)(CCC5C(C)(C)C(OC(=O)C6CC(C(=O)O)C6C)CCC54C)C3CCC2(C(=O)NC(C)(C)C=O)CC1=O. The summed E-state index contributed by atoms with van der Waals surface area (Å²) in [6, 6.07) is 0. The van der Waals surface area contributed by atoms with E-state index in [1.807, 2.05) is 6.92 Å². The summed E-state index contributed by atoms with van der Waals surface area (Å²) in [5.41, 5.74) is 0.0204. The highest BCUT2D eigenvalue weighted by Gasteiger charge is 2.68. The van der Waals surface area contributed by atoms with Gasteiger partial charge in [0.2, 0.25) is 5.91 Å². The molecule has 0 aromatic carbocycles. The Morgan fingerprint density at radius 2 is 1.60 bits per heavy atom. The molecular formula is C40H59NO7. The van der Waals surface area contributed by atoms with Crippen LogP contribution in [0.4, 0.5) is 0 Å². The van der Waals surface area contributed by atoms with Crippen molar-refractivity contribution in [2.75, 3.05) is 0 Å². The van der Waals surface area contributed by atoms with Crippen LogP contribution in [-0.2, 0) is 28.7 Å². The minimum Gasteiger partial charge on any atom is -0.481 e. The average molecular weight is 666 g/mol. The van der Waals surface area contributed by atoms with E-state index < -0.39 is 22.8 Å². The molecule has 0 aliphatic heterocycles. The highest BCUT2D eigenvalue weighted by atomic mass is 16.5. The number of ketones is 1. The van der Waals surface area contributed by atoms with E-state index in [0.717, 1.165) is 62.4 Å². The Hall–Kier alpha value is -2.51. The van der Waals surface area contributed by atoms with Gasteiger partial charge in [0.25, 0.3) is 0 Å². The number of carboxylic acids is 1. The summed E-state index contributed by atoms with van der Waals surface area (Å²) in [4.78, 5) is 64.5. The lowest BCUT2D eigenvalue weighted by Crippen LogP contribution is -2.63. The van der Waals surface area contributed by atoms with Gasteiger partial charge in [-0.2, -0.15) is 0 Å². The number of carbonyl (C=O) groups excluding carboxylic acids is 4. The van der Waals surface area contributed by atoms with Crippen molar-refractivity contribution in [2.24, 2.45) is 69.0 Å². The number of carbonyl (C=O) groups is 5. The van der Waals surface area contributed by atoms with Crippen molar-refractivity contribution in [3.63, 3.8) is 0 Å². The number of carboxylic acid groups (broad SMARTS) is 1. The van der Waals surface area contributed by atoms with Crippen LogP contribution in [0.15, 0.2) is 11.1 Å². The number of allylic oxidation sites excluding steroid dienone is 1. The minimum atomic E-state index is -0.995. The largest absolute Gasteiger partial charge is 0.481 e. The molecule has 0 radical (unpaired) electrons. The highest BCUT2D eigenvalue weighted by Crippen LogP contribution is 2.73. The third-order valence-electron chi connectivity index (χ3n) is 15.4. The van der Waals surface area contributed by atoms with Gasteiger partial charge in [0, 0.05) is 11.8 Å². The fraction of sp³-hybridized carbons (Fsp3) is 0.825. The summed E-state index contributed by atoms with van der Waals surface area (Å²) in [6.45, 7) is 19.0. The van der Waals surface area contributed by atoms with Crippen LogP contribution < -0.4 is 5.32 Å². The van der Waals surface area contributed by atoms with Gasteiger partial charge in [-0.3, -0.25) is 19.2 Å². The Morgan fingerprint density at radius 1 is 0.938 bits per heavy atom. The van der Waals surface area contributed by atoms with Crippen molar-refractivity contribution in [1.82, 2.24) is 5.32 Å². The molecule has 0 bridgehead atoms. The average Bonchev–Trinajstić information content (AvgIpc) is 3.31. The molecule has 266 valence electrons. The quantitative estimate of drug-likeness (QED) is 0.223. The van der Waals surface area contributed by atoms with Crippen LogP contribution in [0.3, 0.4) is 0 Å². The molecule has 0 aromatic heterocycles. The first-order valence-electron chi connectivity index (χ1n) is 18.7. The molecule has 6 aliphatic rings. The van der Waals surface area contributed by atoms with Crippen molar-refractivity contribution in [3.05, 3.63) is 11.1 Å². The Labute approximate surface area is 287 Å². The molecule has 0 heterocycles. The van der Waals surface area contributed by atoms with Crippen LogP contribution in [-0.4, -0.2) is 46.7 Å². The van der Waals surface area contributed by atoms with Gasteiger partial charge in [0.05, 0.1) is 22.8 Å². The summed E-state index contributed by atoms with van der Waals surface area (Å²) in [5, 5.41) is 12.5. The van der Waals surface area contributed by atoms with E-state index in [1.54, 1.807) is 13.8 Å². The lowest BCUT2D eigenvalue weighted by Gasteiger charge is -2.68. The van der Waals surface area contributed by atoms with Crippen LogP contribution in [0.5, 0.6) is 0 Å². The number of hydrogen-bond acceptors (Lipinski definition) is 6. The van der Waals surface area contributed by atoms with Gasteiger partial charge < -0.3 is 20.0 Å². The van der Waals surface area contributed by atoms with Gasteiger partial charge in [-0.25, -0.2) is 0 Å². The van der Waals surface area contributed by atoms with Crippen molar-refractivity contribution < 1.29 is 33.8 Å². The molecule has 8 nitrogen and oxygen atoms in total. The van der Waals surface area contributed by atoms with Crippen molar-refractivity contribution in [1.29, 1.82) is 0 Å². The summed E-state index contributed by atoms with van der Waals surface area (Å²) in [7, 11) is 0. The maximum atomic E-state index is 14.2. The predicted octanol–water partition coefficient (Wildman–Crippen LogP) is 6.94. The topological polar surface area (TPSA) is 127 Å². The van der Waals surface area contributed by atoms with Crippen LogP contribution in [0.2, 0.25) is 0 Å². The first-order chi connectivity index (χ1) is 22.2. The van der Waals surface area contributed by atoms with E-state index in [2.05, 4.69) is 46.9 Å². The molecule has 6 aliphatic carbocycles. The molecular weight excluding hydrogens is 606 g/mol. The summed E-state index contributed by atoms with van der Waals surface area (Å²) in [6.07, 6.45) is 8.62. The number of amides is 1. The standard InChI is InChI=1S/C40H59NO7/c1-21(2)31-27(43)19-40(35(47)41-36(4,5)20-42)17-12-26-23(32(31)40)10-11-29-38(26,8)15-13-28-37(6,7)30(14-16-39(28,29)9)48-34(46)25-18-24(22(25)3)33(44)45/h20-26,28-30H,10-19H2,1-9H3,(H,41,47)(H,44,45). The number of nitrogens with one attached hydrogen (secondary N) is 1. The zero-order chi connectivity index (χ0) is 35.4. The third kappa shape index (κ3) is 4.99. The number of aliphatic carboxylic acids is 1. The summed E-state index contributed by atoms with van der Waals surface area (Å²) >= 11 is 0. The minimum absolute atomic E-state index is 0.0375. The molecule has 5 fully saturated rings. The molecule has 48 heavy (non-hydrogen) atoms. The molecule has 6 rings (SSSR count). The first-order valence-corrected chi connectivity index (χ1v) is 18.7. The number of rotatable bonds is 7. The smallest absolute Gasteiger partial charge is 0.309 e. The number of ether oxygens (including phenoxy) is 1. The molecule has 1 amide bonds. The molecule has 0 spiro atoms. The zero-order valence-corrected chi connectivity index (χ0v) is 30.7. The molecule has 8 heteroatoms. The number of fused-ring (bicyclic) bond motifs is 7. The monoisotopic (exact) mass is 665 g/mol. The van der Waals surface area contributed by atoms with Gasteiger partial charge in [-0.1, -0.05) is 48.5 Å². The van der Waals surface area contributed by atoms with Gasteiger partial charge in [0.15, 0.2) is 5.78 Å². The van der Waals surface area contributed by atoms with Crippen LogP contribution in [0, 0.1) is 69.0 Å². The second-order valence-electron chi connectivity index (χ2n) is 18.9. The Kier molecular flexibility index (Phi) is 8.47. The van der Waals surface area contributed by atoms with Gasteiger partial charge in [-0.15, -0.1) is 0 Å². The van der Waals surface area contributed by atoms with E-state index in [-0.39, 0.29) is 70.1 Å². The molecule has 0 saturated heterocycles. The van der Waals surface area contributed by atoms with Crippen molar-refractivity contribution in [2.45, 2.75) is 138 Å². The lowest BCUT2D eigenvalue weighted by atomic mass is 9.36. The fourth-order valence-corrected chi connectivity index (χ4v) is 12.9. The predicted molar refractivity (Wildman–Crippen MR) is 181 cm³/mol. The van der Waals surface area contributed by atoms with E-state index in [9.17, 15) is 29.1 Å². The molecule has 0 aromatic rings. The maximum absolute atomic E-state index is 14.2. The highest BCUT2D eigenvalue weighted by molar-refractivity contribution is 6.07. The molecule has 11 unspecified atom stereocenters. The normalized spacial score (nSPS) is 43.2. The lowest BCUT2D eigenvalue weighted by molar-refractivity contribution is -0.217. The Balaban J connectivity index is 1.26. The van der Waals surface area contributed by atoms with Crippen LogP contribution >= 0.6 is 0 Å². The van der Waals surface area contributed by atoms with E-state index in [1.165, 1.54) is 0 Å². The van der Waals surface area contributed by atoms with Gasteiger partial charge in [0.1, 0.15) is 12.4 Å². The Morgan fingerprint density at radius 3 is 2.21 bits per heavy atom. The second kappa shape index (κ2) is 11.5.